The second-order valence-corrected chi connectivity index (χ2v) is 29.4. The van der Waals surface area contributed by atoms with Gasteiger partial charge in [-0.1, -0.05) is 0 Å². The normalized spacial score (nSPS) is 13.2. The van der Waals surface area contributed by atoms with Gasteiger partial charge in [-0.05, 0) is 0 Å². The summed E-state index contributed by atoms with van der Waals surface area (Å²) in [7, 11) is -2.49. The molecule has 0 aromatic heterocycles. The average Bonchev–Trinajstić information content (AvgIpc) is 2.89. The van der Waals surface area contributed by atoms with E-state index in [0.717, 1.165) is 6.61 Å². The van der Waals surface area contributed by atoms with Crippen molar-refractivity contribution in [2.24, 2.45) is 0 Å². The summed E-state index contributed by atoms with van der Waals surface area (Å²) in [6.45, 7) is 17.4. The van der Waals surface area contributed by atoms with E-state index < -0.39 is 26.7 Å². The summed E-state index contributed by atoms with van der Waals surface area (Å²) in [6, 6.07) is 22.2. The monoisotopic (exact) mass is 614 g/mol. The predicted molar refractivity (Wildman–Crippen MR) is 167 cm³/mol. The van der Waals surface area contributed by atoms with Crippen LogP contribution in [0.25, 0.3) is 0 Å². The van der Waals surface area contributed by atoms with Crippen molar-refractivity contribution in [1.29, 1.82) is 0 Å². The van der Waals surface area contributed by atoms with Crippen LogP contribution in [0.15, 0.2) is 70.3 Å². The Bertz CT molecular complexity index is 824. The van der Waals surface area contributed by atoms with Crippen LogP contribution in [0, 0.1) is 0 Å². The van der Waals surface area contributed by atoms with Gasteiger partial charge in [0.05, 0.1) is 0 Å². The molecule has 0 aliphatic carbocycles. The molecule has 0 N–H and O–H groups in total. The first-order valence-electron chi connectivity index (χ1n) is 14.8. The van der Waals surface area contributed by atoms with Crippen molar-refractivity contribution in [1.82, 2.24) is 0 Å². The van der Waals surface area contributed by atoms with Crippen LogP contribution >= 0.6 is 0 Å². The Morgan fingerprint density at radius 3 is 1.47 bits per heavy atom. The fourth-order valence-electron chi connectivity index (χ4n) is 6.17. The van der Waals surface area contributed by atoms with Crippen molar-refractivity contribution in [2.45, 2.75) is 112 Å². The summed E-state index contributed by atoms with van der Waals surface area (Å²) in [5.41, 5.74) is 0. The number of hydrogen-bond acceptors (Lipinski definition) is 1. The molecule has 0 spiro atoms. The first kappa shape index (κ1) is 31.4. The molecule has 0 aliphatic rings. The number of rotatable bonds is 16. The van der Waals surface area contributed by atoms with E-state index in [1.54, 1.807) is 0 Å². The van der Waals surface area contributed by atoms with Crippen LogP contribution < -0.4 is 10.4 Å². The fraction of sp³-hybridized carbons (Fsp3) is 0.576. The molecule has 0 heterocycles. The van der Waals surface area contributed by atoms with E-state index >= 15 is 0 Å². The minimum absolute atomic E-state index is 0.0307. The molecular weight excluding hydrogens is 559 g/mol. The van der Waals surface area contributed by atoms with E-state index in [9.17, 15) is 0 Å². The van der Waals surface area contributed by atoms with Crippen molar-refractivity contribution in [3.05, 3.63) is 70.3 Å². The number of hydrogen-bond donors (Lipinski definition) is 0. The van der Waals surface area contributed by atoms with Crippen LogP contribution in [0.5, 0.6) is 0 Å². The molecule has 3 heteroatoms. The molecule has 0 unspecified atom stereocenters. The third-order valence-corrected chi connectivity index (χ3v) is 29.8. The molecule has 2 rings (SSSR count). The van der Waals surface area contributed by atoms with Gasteiger partial charge >= 0.3 is 230 Å². The standard InChI is InChI=1S/C21H27OSi.3C4H9.Sn/c1-5-6-13-18-22-23(21(2,3)4,19-14-9-7-10-15-19)20-16-11-8-12-17-20;3*1-3-4-2;/h7-17H,5,18H2,1-4H3;3*1,3-4H2,2H3;. The van der Waals surface area contributed by atoms with Crippen LogP contribution in [0.1, 0.15) is 93.4 Å². The van der Waals surface area contributed by atoms with Gasteiger partial charge in [-0.3, -0.25) is 0 Å². The summed E-state index contributed by atoms with van der Waals surface area (Å²) < 4.78 is 13.8. The second kappa shape index (κ2) is 15.5. The van der Waals surface area contributed by atoms with Gasteiger partial charge < -0.3 is 0 Å². The van der Waals surface area contributed by atoms with Gasteiger partial charge in [0.15, 0.2) is 0 Å². The summed E-state index contributed by atoms with van der Waals surface area (Å²) >= 11 is -2.43. The maximum atomic E-state index is 7.30. The molecule has 36 heavy (non-hydrogen) atoms. The zero-order chi connectivity index (χ0) is 26.5. The Kier molecular flexibility index (Phi) is 13.5. The van der Waals surface area contributed by atoms with E-state index in [4.69, 9.17) is 4.43 Å². The fourth-order valence-corrected chi connectivity index (χ4v) is 28.0. The van der Waals surface area contributed by atoms with Gasteiger partial charge in [-0.2, -0.15) is 0 Å². The maximum absolute atomic E-state index is 7.30. The molecule has 200 valence electrons. The average molecular weight is 614 g/mol. The first-order chi connectivity index (χ1) is 17.3. The van der Waals surface area contributed by atoms with Crippen molar-refractivity contribution >= 4 is 37.1 Å². The number of unbranched alkanes of at least 4 members (excludes halogenated alkanes) is 3. The van der Waals surface area contributed by atoms with Gasteiger partial charge in [0, 0.05) is 0 Å². The molecule has 0 saturated heterocycles. The molecule has 0 bridgehead atoms. The van der Waals surface area contributed by atoms with Crippen LogP contribution in [-0.2, 0) is 4.43 Å². The quantitative estimate of drug-likeness (QED) is 0.172. The van der Waals surface area contributed by atoms with Gasteiger partial charge in [0.2, 0.25) is 0 Å². The minimum atomic E-state index is -2.49. The van der Waals surface area contributed by atoms with Crippen molar-refractivity contribution in [2.75, 3.05) is 6.61 Å². The molecule has 0 amide bonds. The molecular formula is C33H54OSiSn. The Hall–Kier alpha value is -0.844. The third-order valence-electron chi connectivity index (χ3n) is 8.14. The van der Waals surface area contributed by atoms with Crippen molar-refractivity contribution in [3.8, 4) is 0 Å². The predicted octanol–water partition coefficient (Wildman–Crippen LogP) is 9.29. The van der Waals surface area contributed by atoms with E-state index in [1.807, 2.05) is 3.59 Å². The van der Waals surface area contributed by atoms with Crippen LogP contribution in [0.4, 0.5) is 0 Å². The summed E-state index contributed by atoms with van der Waals surface area (Å²) in [4.78, 5) is 0. The molecule has 1 nitrogen and oxygen atoms in total. The zero-order valence-corrected chi connectivity index (χ0v) is 28.4. The summed E-state index contributed by atoms with van der Waals surface area (Å²) in [5, 5.41) is 2.80. The SMILES string of the molecule is CCC[CH2][Sn]([CH2]CCC)([CH2]CCC)/[C](=C/CO[Si](c1ccccc1)(c1ccccc1)C(C)(C)C)CC. The molecule has 2 aromatic rings. The Balaban J connectivity index is 2.53. The van der Waals surface area contributed by atoms with Gasteiger partial charge in [-0.25, -0.2) is 0 Å². The topological polar surface area (TPSA) is 9.23 Å². The molecule has 0 fully saturated rings. The number of allylic oxidation sites excluding steroid dienone is 1. The second-order valence-electron chi connectivity index (χ2n) is 11.6. The van der Waals surface area contributed by atoms with Crippen molar-refractivity contribution < 1.29 is 4.43 Å². The number of benzene rings is 2. The van der Waals surface area contributed by atoms with Crippen LogP contribution in [0.2, 0.25) is 18.3 Å². The van der Waals surface area contributed by atoms with Crippen LogP contribution in [-0.4, -0.2) is 33.3 Å². The molecule has 0 aliphatic heterocycles. The Morgan fingerprint density at radius 2 is 1.14 bits per heavy atom. The van der Waals surface area contributed by atoms with E-state index in [1.165, 1.54) is 68.6 Å². The summed E-state index contributed by atoms with van der Waals surface area (Å²) in [5.74, 6) is 0. The Morgan fingerprint density at radius 1 is 0.722 bits per heavy atom. The van der Waals surface area contributed by atoms with E-state index in [2.05, 4.69) is 115 Å². The van der Waals surface area contributed by atoms with Crippen LogP contribution in [0.3, 0.4) is 0 Å². The third kappa shape index (κ3) is 7.83. The van der Waals surface area contributed by atoms with Gasteiger partial charge in [0.1, 0.15) is 0 Å². The molecule has 0 saturated carbocycles. The van der Waals surface area contributed by atoms with E-state index in [0.29, 0.717) is 0 Å². The molecule has 2 aromatic carbocycles. The van der Waals surface area contributed by atoms with Gasteiger partial charge in [0.25, 0.3) is 0 Å². The van der Waals surface area contributed by atoms with E-state index in [-0.39, 0.29) is 5.04 Å². The Labute approximate surface area is 229 Å². The molecule has 0 radical (unpaired) electrons. The first-order valence-corrected chi connectivity index (χ1v) is 24.1. The van der Waals surface area contributed by atoms with Gasteiger partial charge in [-0.15, -0.1) is 0 Å². The molecule has 0 atom stereocenters. The van der Waals surface area contributed by atoms with Crippen molar-refractivity contribution in [3.63, 3.8) is 0 Å². The zero-order valence-electron chi connectivity index (χ0n) is 24.5. The summed E-state index contributed by atoms with van der Waals surface area (Å²) in [6.07, 6.45) is 12.0.